The maximum absolute atomic E-state index is 10.8. The molecule has 2 heteroatoms. The van der Waals surface area contributed by atoms with Gasteiger partial charge in [-0.25, -0.2) is 0 Å². The third-order valence-corrected chi connectivity index (χ3v) is 4.67. The third-order valence-electron chi connectivity index (χ3n) is 4.67. The molecule has 1 aromatic carbocycles. The SMILES string of the molecule is CC1([C@@H]2Cc3cc(C=O)ccc3O2)CCCCC1. The highest BCUT2D eigenvalue weighted by atomic mass is 16.5. The summed E-state index contributed by atoms with van der Waals surface area (Å²) < 4.78 is 6.13. The average Bonchev–Trinajstić information content (AvgIpc) is 2.83. The van der Waals surface area contributed by atoms with Gasteiger partial charge in [0, 0.05) is 17.4 Å². The molecule has 3 rings (SSSR count). The van der Waals surface area contributed by atoms with Crippen LogP contribution in [0.15, 0.2) is 18.2 Å². The number of hydrogen-bond acceptors (Lipinski definition) is 2. The first kappa shape index (κ1) is 11.8. The minimum absolute atomic E-state index is 0.301. The Kier molecular flexibility index (Phi) is 2.89. The molecule has 96 valence electrons. The van der Waals surface area contributed by atoms with Crippen LogP contribution in [0.5, 0.6) is 5.75 Å². The van der Waals surface area contributed by atoms with Crippen LogP contribution < -0.4 is 4.74 Å². The maximum Gasteiger partial charge on any atom is 0.150 e. The number of carbonyl (C=O) groups excluding carboxylic acids is 1. The molecule has 0 saturated heterocycles. The Morgan fingerprint density at radius 2 is 2.06 bits per heavy atom. The second kappa shape index (κ2) is 4.42. The van der Waals surface area contributed by atoms with E-state index in [4.69, 9.17) is 4.74 Å². The maximum atomic E-state index is 10.8. The minimum atomic E-state index is 0.301. The summed E-state index contributed by atoms with van der Waals surface area (Å²) in [4.78, 5) is 10.8. The van der Waals surface area contributed by atoms with Gasteiger partial charge in [-0.1, -0.05) is 26.2 Å². The summed E-state index contributed by atoms with van der Waals surface area (Å²) in [5.74, 6) is 0.984. The van der Waals surface area contributed by atoms with Crippen molar-refractivity contribution < 1.29 is 9.53 Å². The molecular formula is C16H20O2. The summed E-state index contributed by atoms with van der Waals surface area (Å²) in [7, 11) is 0. The summed E-state index contributed by atoms with van der Waals surface area (Å²) in [6.07, 6.45) is 8.74. The van der Waals surface area contributed by atoms with Crippen molar-refractivity contribution in [1.29, 1.82) is 0 Å². The molecule has 0 bridgehead atoms. The zero-order valence-corrected chi connectivity index (χ0v) is 10.9. The van der Waals surface area contributed by atoms with Gasteiger partial charge in [0.25, 0.3) is 0 Å². The van der Waals surface area contributed by atoms with Gasteiger partial charge in [-0.3, -0.25) is 4.79 Å². The lowest BCUT2D eigenvalue weighted by Gasteiger charge is -2.38. The smallest absolute Gasteiger partial charge is 0.150 e. The van der Waals surface area contributed by atoms with E-state index in [1.54, 1.807) is 0 Å². The lowest BCUT2D eigenvalue weighted by molar-refractivity contribution is 0.0448. The predicted molar refractivity (Wildman–Crippen MR) is 71.1 cm³/mol. The molecule has 0 amide bonds. The molecular weight excluding hydrogens is 224 g/mol. The van der Waals surface area contributed by atoms with Crippen molar-refractivity contribution in [2.24, 2.45) is 5.41 Å². The number of carbonyl (C=O) groups is 1. The van der Waals surface area contributed by atoms with E-state index >= 15 is 0 Å². The zero-order chi connectivity index (χ0) is 12.6. The number of aldehydes is 1. The molecule has 1 fully saturated rings. The van der Waals surface area contributed by atoms with Crippen molar-refractivity contribution in [2.45, 2.75) is 51.6 Å². The first-order valence-corrected chi connectivity index (χ1v) is 6.96. The van der Waals surface area contributed by atoms with Crippen LogP contribution in [0.1, 0.15) is 54.9 Å². The number of fused-ring (bicyclic) bond motifs is 1. The van der Waals surface area contributed by atoms with Gasteiger partial charge in [-0.05, 0) is 36.6 Å². The van der Waals surface area contributed by atoms with E-state index in [-0.39, 0.29) is 0 Å². The number of hydrogen-bond donors (Lipinski definition) is 0. The molecule has 0 radical (unpaired) electrons. The first-order valence-electron chi connectivity index (χ1n) is 6.96. The quantitative estimate of drug-likeness (QED) is 0.740. The van der Waals surface area contributed by atoms with Crippen LogP contribution in [-0.4, -0.2) is 12.4 Å². The highest BCUT2D eigenvalue weighted by molar-refractivity contribution is 5.75. The first-order chi connectivity index (χ1) is 8.71. The van der Waals surface area contributed by atoms with Crippen LogP contribution in [0.2, 0.25) is 0 Å². The summed E-state index contributed by atoms with van der Waals surface area (Å²) in [5, 5.41) is 0. The largest absolute Gasteiger partial charge is 0.489 e. The molecule has 1 aromatic rings. The Bertz CT molecular complexity index is 458. The fraction of sp³-hybridized carbons (Fsp3) is 0.562. The molecule has 2 aliphatic rings. The van der Waals surface area contributed by atoms with Gasteiger partial charge in [-0.15, -0.1) is 0 Å². The van der Waals surface area contributed by atoms with Crippen LogP contribution in [0.3, 0.4) is 0 Å². The van der Waals surface area contributed by atoms with Gasteiger partial charge in [-0.2, -0.15) is 0 Å². The molecule has 0 spiro atoms. The molecule has 1 heterocycles. The molecule has 1 aliphatic carbocycles. The molecule has 1 saturated carbocycles. The number of rotatable bonds is 2. The Hall–Kier alpha value is -1.31. The second-order valence-corrected chi connectivity index (χ2v) is 6.01. The number of benzene rings is 1. The summed E-state index contributed by atoms with van der Waals surface area (Å²) in [5.41, 5.74) is 2.28. The molecule has 1 aliphatic heterocycles. The second-order valence-electron chi connectivity index (χ2n) is 6.01. The highest BCUT2D eigenvalue weighted by Gasteiger charge is 2.40. The van der Waals surface area contributed by atoms with Gasteiger partial charge in [0.2, 0.25) is 0 Å². The van der Waals surface area contributed by atoms with Crippen LogP contribution >= 0.6 is 0 Å². The van der Waals surface area contributed by atoms with Crippen molar-refractivity contribution >= 4 is 6.29 Å². The van der Waals surface area contributed by atoms with E-state index < -0.39 is 0 Å². The third kappa shape index (κ3) is 1.94. The molecule has 0 N–H and O–H groups in total. The van der Waals surface area contributed by atoms with Gasteiger partial charge >= 0.3 is 0 Å². The lowest BCUT2D eigenvalue weighted by Crippen LogP contribution is -2.37. The van der Waals surface area contributed by atoms with Crippen molar-refractivity contribution in [3.8, 4) is 5.75 Å². The van der Waals surface area contributed by atoms with Crippen LogP contribution in [-0.2, 0) is 6.42 Å². The normalized spacial score (nSPS) is 25.3. The standard InChI is InChI=1S/C16H20O2/c1-16(7-3-2-4-8-16)15-10-13-9-12(11-17)5-6-14(13)18-15/h5-6,9,11,15H,2-4,7-8,10H2,1H3/t15-/m0/s1. The van der Waals surface area contributed by atoms with Gasteiger partial charge < -0.3 is 4.74 Å². The summed E-state index contributed by atoms with van der Waals surface area (Å²) in [6, 6.07) is 5.77. The van der Waals surface area contributed by atoms with E-state index in [2.05, 4.69) is 6.92 Å². The van der Waals surface area contributed by atoms with Gasteiger partial charge in [0.15, 0.2) is 0 Å². The van der Waals surface area contributed by atoms with E-state index in [0.29, 0.717) is 11.5 Å². The van der Waals surface area contributed by atoms with Crippen LogP contribution in [0, 0.1) is 5.41 Å². The van der Waals surface area contributed by atoms with Gasteiger partial charge in [0.1, 0.15) is 18.1 Å². The van der Waals surface area contributed by atoms with Crippen molar-refractivity contribution in [3.05, 3.63) is 29.3 Å². The van der Waals surface area contributed by atoms with E-state index in [1.807, 2.05) is 18.2 Å². The van der Waals surface area contributed by atoms with E-state index in [1.165, 1.54) is 37.7 Å². The topological polar surface area (TPSA) is 26.3 Å². The van der Waals surface area contributed by atoms with Crippen molar-refractivity contribution in [1.82, 2.24) is 0 Å². The number of ether oxygens (including phenoxy) is 1. The molecule has 1 atom stereocenters. The molecule has 18 heavy (non-hydrogen) atoms. The van der Waals surface area contributed by atoms with Crippen LogP contribution in [0.4, 0.5) is 0 Å². The fourth-order valence-electron chi connectivity index (χ4n) is 3.41. The molecule has 2 nitrogen and oxygen atoms in total. The Labute approximate surface area is 108 Å². The average molecular weight is 244 g/mol. The molecule has 0 unspecified atom stereocenters. The van der Waals surface area contributed by atoms with Crippen molar-refractivity contribution in [2.75, 3.05) is 0 Å². The zero-order valence-electron chi connectivity index (χ0n) is 10.9. The van der Waals surface area contributed by atoms with E-state index in [0.717, 1.165) is 24.0 Å². The minimum Gasteiger partial charge on any atom is -0.489 e. The summed E-state index contributed by atoms with van der Waals surface area (Å²) >= 11 is 0. The van der Waals surface area contributed by atoms with Crippen molar-refractivity contribution in [3.63, 3.8) is 0 Å². The Morgan fingerprint density at radius 1 is 1.28 bits per heavy atom. The fourth-order valence-corrected chi connectivity index (χ4v) is 3.41. The lowest BCUT2D eigenvalue weighted by atomic mass is 9.71. The van der Waals surface area contributed by atoms with E-state index in [9.17, 15) is 4.79 Å². The molecule has 0 aromatic heterocycles. The Morgan fingerprint density at radius 3 is 2.78 bits per heavy atom. The van der Waals surface area contributed by atoms with Gasteiger partial charge in [0.05, 0.1) is 0 Å². The Balaban J connectivity index is 1.81. The highest BCUT2D eigenvalue weighted by Crippen LogP contribution is 2.45. The predicted octanol–water partition coefficient (Wildman–Crippen LogP) is 3.77. The monoisotopic (exact) mass is 244 g/mol. The summed E-state index contributed by atoms with van der Waals surface area (Å²) in [6.45, 7) is 2.36. The van der Waals surface area contributed by atoms with Crippen LogP contribution in [0.25, 0.3) is 0 Å².